The first kappa shape index (κ1) is 12.8. The average Bonchev–Trinajstić information content (AvgIpc) is 2.70. The van der Waals surface area contributed by atoms with Gasteiger partial charge in [0.05, 0.1) is 13.5 Å². The van der Waals surface area contributed by atoms with Crippen molar-refractivity contribution in [1.82, 2.24) is 0 Å². The summed E-state index contributed by atoms with van der Waals surface area (Å²) in [6.07, 6.45) is 0. The first-order valence-corrected chi connectivity index (χ1v) is 6.90. The van der Waals surface area contributed by atoms with E-state index in [1.807, 2.05) is 0 Å². The lowest BCUT2D eigenvalue weighted by Crippen LogP contribution is -2.10. The minimum absolute atomic E-state index is 0.0353. The molecule has 2 rings (SSSR count). The van der Waals surface area contributed by atoms with Crippen molar-refractivity contribution in [2.24, 2.45) is 0 Å². The average molecular weight is 382 g/mol. The molecule has 0 bridgehead atoms. The van der Waals surface area contributed by atoms with Crippen molar-refractivity contribution >= 4 is 57.1 Å². The van der Waals surface area contributed by atoms with Crippen LogP contribution in [-0.2, 0) is 0 Å². The number of hydrogen-bond donors (Lipinski definition) is 1. The van der Waals surface area contributed by atoms with Crippen LogP contribution in [0.1, 0.15) is 10.4 Å². The van der Waals surface area contributed by atoms with Gasteiger partial charge in [-0.3, -0.25) is 4.79 Å². The number of hydrogen-bond acceptors (Lipinski definition) is 2. The van der Waals surface area contributed by atoms with Crippen LogP contribution < -0.4 is 5.32 Å². The highest BCUT2D eigenvalue weighted by Gasteiger charge is 2.09. The highest BCUT2D eigenvalue weighted by molar-refractivity contribution is 14.1. The summed E-state index contributed by atoms with van der Waals surface area (Å²) in [6.45, 7) is 0. The van der Waals surface area contributed by atoms with E-state index in [0.29, 0.717) is 11.3 Å². The second kappa shape index (κ2) is 5.32. The number of benzene rings is 1. The van der Waals surface area contributed by atoms with Gasteiger partial charge in [0.1, 0.15) is 5.82 Å². The first-order valence-electron chi connectivity index (χ1n) is 4.56. The summed E-state index contributed by atoms with van der Waals surface area (Å²) in [7, 11) is 0. The molecule has 0 saturated heterocycles. The molecule has 88 valence electrons. The fourth-order valence-corrected chi connectivity index (χ4v) is 2.65. The van der Waals surface area contributed by atoms with Gasteiger partial charge in [-0.25, -0.2) is 4.39 Å². The molecule has 2 nitrogen and oxygen atoms in total. The smallest absolute Gasteiger partial charge is 0.256 e. The summed E-state index contributed by atoms with van der Waals surface area (Å²) in [5, 5.41) is 4.39. The Balaban J connectivity index is 2.15. The molecule has 1 heterocycles. The van der Waals surface area contributed by atoms with Crippen LogP contribution in [0.2, 0.25) is 5.02 Å². The Hall–Kier alpha value is -0.660. The van der Waals surface area contributed by atoms with E-state index in [4.69, 9.17) is 11.6 Å². The Morgan fingerprint density at radius 2 is 2.18 bits per heavy atom. The van der Waals surface area contributed by atoms with E-state index >= 15 is 0 Å². The fraction of sp³-hybridized carbons (Fsp3) is 0. The highest BCUT2D eigenvalue weighted by atomic mass is 127. The van der Waals surface area contributed by atoms with E-state index in [1.54, 1.807) is 17.5 Å². The van der Waals surface area contributed by atoms with Crippen LogP contribution in [0.15, 0.2) is 29.6 Å². The molecule has 6 heteroatoms. The molecule has 0 aliphatic carbocycles. The molecule has 0 fully saturated rings. The van der Waals surface area contributed by atoms with Gasteiger partial charge < -0.3 is 5.32 Å². The van der Waals surface area contributed by atoms with Gasteiger partial charge in [0.25, 0.3) is 5.91 Å². The lowest BCUT2D eigenvalue weighted by atomic mass is 10.2. The van der Waals surface area contributed by atoms with Crippen molar-refractivity contribution in [1.29, 1.82) is 0 Å². The van der Waals surface area contributed by atoms with Crippen LogP contribution in [0.4, 0.5) is 10.1 Å². The molecule has 0 spiro atoms. The predicted molar refractivity (Wildman–Crippen MR) is 76.4 cm³/mol. The summed E-state index contributed by atoms with van der Waals surface area (Å²) in [4.78, 5) is 11.8. The van der Waals surface area contributed by atoms with Gasteiger partial charge in [-0.05, 0) is 46.9 Å². The van der Waals surface area contributed by atoms with Crippen molar-refractivity contribution in [3.63, 3.8) is 0 Å². The Morgan fingerprint density at radius 3 is 2.76 bits per heavy atom. The van der Waals surface area contributed by atoms with Crippen LogP contribution in [0.5, 0.6) is 0 Å². The lowest BCUT2D eigenvalue weighted by Gasteiger charge is -2.04. The van der Waals surface area contributed by atoms with Crippen LogP contribution in [0.3, 0.4) is 0 Å². The van der Waals surface area contributed by atoms with Gasteiger partial charge in [0, 0.05) is 11.1 Å². The van der Waals surface area contributed by atoms with E-state index in [9.17, 15) is 9.18 Å². The Morgan fingerprint density at radius 1 is 1.41 bits per heavy atom. The zero-order valence-electron chi connectivity index (χ0n) is 8.34. The standard InChI is InChI=1S/C11H6ClFINOS/c12-8-2-1-7(4-9(8)13)15-11(16)6-3-10(14)17-5-6/h1-5H,(H,15,16). The largest absolute Gasteiger partial charge is 0.322 e. The monoisotopic (exact) mass is 381 g/mol. The van der Waals surface area contributed by atoms with E-state index < -0.39 is 5.82 Å². The molecular weight excluding hydrogens is 376 g/mol. The van der Waals surface area contributed by atoms with Crippen molar-refractivity contribution in [2.75, 3.05) is 5.32 Å². The molecule has 1 N–H and O–H groups in total. The maximum absolute atomic E-state index is 13.2. The van der Waals surface area contributed by atoms with E-state index in [1.165, 1.54) is 23.5 Å². The molecular formula is C11H6ClFINOS. The maximum atomic E-state index is 13.2. The summed E-state index contributed by atoms with van der Waals surface area (Å²) in [6, 6.07) is 5.93. The van der Waals surface area contributed by atoms with Gasteiger partial charge >= 0.3 is 0 Å². The van der Waals surface area contributed by atoms with Gasteiger partial charge in [-0.1, -0.05) is 11.6 Å². The molecule has 17 heavy (non-hydrogen) atoms. The van der Waals surface area contributed by atoms with Gasteiger partial charge in [-0.15, -0.1) is 11.3 Å². The van der Waals surface area contributed by atoms with E-state index in [0.717, 1.165) is 2.88 Å². The highest BCUT2D eigenvalue weighted by Crippen LogP contribution is 2.21. The Kier molecular flexibility index (Phi) is 4.01. The molecule has 0 unspecified atom stereocenters. The second-order valence-corrected chi connectivity index (χ2v) is 6.44. The first-order chi connectivity index (χ1) is 8.06. The summed E-state index contributed by atoms with van der Waals surface area (Å²) in [5.41, 5.74) is 0.952. The zero-order valence-corrected chi connectivity index (χ0v) is 12.1. The molecule has 1 aromatic heterocycles. The van der Waals surface area contributed by atoms with Gasteiger partial charge in [0.15, 0.2) is 0 Å². The van der Waals surface area contributed by atoms with E-state index in [2.05, 4.69) is 27.9 Å². The summed E-state index contributed by atoms with van der Waals surface area (Å²) in [5.74, 6) is -0.810. The van der Waals surface area contributed by atoms with Crippen LogP contribution in [0, 0.1) is 8.70 Å². The van der Waals surface area contributed by atoms with Crippen LogP contribution >= 0.6 is 45.5 Å². The molecule has 0 radical (unpaired) electrons. The Labute approximate surface area is 120 Å². The summed E-state index contributed by atoms with van der Waals surface area (Å²) >= 11 is 9.17. The van der Waals surface area contributed by atoms with Gasteiger partial charge in [-0.2, -0.15) is 0 Å². The second-order valence-electron chi connectivity index (χ2n) is 3.22. The molecule has 0 aliphatic heterocycles. The number of amides is 1. The van der Waals surface area contributed by atoms with Crippen LogP contribution in [0.25, 0.3) is 0 Å². The quantitative estimate of drug-likeness (QED) is 0.768. The number of anilines is 1. The number of rotatable bonds is 2. The minimum Gasteiger partial charge on any atom is -0.322 e. The third kappa shape index (κ3) is 3.17. The number of thiophene rings is 1. The van der Waals surface area contributed by atoms with Crippen molar-refractivity contribution < 1.29 is 9.18 Å². The lowest BCUT2D eigenvalue weighted by molar-refractivity contribution is 0.102. The molecule has 2 aromatic rings. The third-order valence-electron chi connectivity index (χ3n) is 2.01. The summed E-state index contributed by atoms with van der Waals surface area (Å²) < 4.78 is 14.2. The van der Waals surface area contributed by atoms with Crippen molar-refractivity contribution in [3.8, 4) is 0 Å². The fourth-order valence-electron chi connectivity index (χ4n) is 1.21. The molecule has 0 aliphatic rings. The number of nitrogens with one attached hydrogen (secondary N) is 1. The zero-order chi connectivity index (χ0) is 12.4. The van der Waals surface area contributed by atoms with Gasteiger partial charge in [0.2, 0.25) is 0 Å². The predicted octanol–water partition coefficient (Wildman–Crippen LogP) is 4.40. The number of carbonyl (C=O) groups is 1. The SMILES string of the molecule is O=C(Nc1ccc(Cl)c(F)c1)c1csc(I)c1. The topological polar surface area (TPSA) is 29.1 Å². The molecule has 0 saturated carbocycles. The number of halogens is 3. The molecule has 0 atom stereocenters. The minimum atomic E-state index is -0.552. The van der Waals surface area contributed by atoms with E-state index in [-0.39, 0.29) is 10.9 Å². The molecule has 1 aromatic carbocycles. The number of carbonyl (C=O) groups excluding carboxylic acids is 1. The molecule has 1 amide bonds. The van der Waals surface area contributed by atoms with Crippen molar-refractivity contribution in [3.05, 3.63) is 48.9 Å². The van der Waals surface area contributed by atoms with Crippen LogP contribution in [-0.4, -0.2) is 5.91 Å². The van der Waals surface area contributed by atoms with Crippen molar-refractivity contribution in [2.45, 2.75) is 0 Å². The normalized spacial score (nSPS) is 10.3. The maximum Gasteiger partial charge on any atom is 0.256 e. The third-order valence-corrected chi connectivity index (χ3v) is 4.10. The Bertz CT molecular complexity index is 572.